The molecule has 4 nitrogen and oxygen atoms in total. The fraction of sp³-hybridized carbons (Fsp3) is 0.545. The van der Waals surface area contributed by atoms with E-state index in [4.69, 9.17) is 0 Å². The van der Waals surface area contributed by atoms with Gasteiger partial charge in [-0.05, 0) is 17.9 Å². The van der Waals surface area contributed by atoms with Crippen molar-refractivity contribution in [3.8, 4) is 0 Å². The fourth-order valence-electron chi connectivity index (χ4n) is 1.28. The standard InChI is InChI=1S/C11H17NO3S/c1-15-11(14)7-9(13)8-12-5-4-10-3-2-6-16-10/h2-3,6,9,12-13H,4-5,7-8H2,1H3. The summed E-state index contributed by atoms with van der Waals surface area (Å²) in [5, 5.41) is 14.6. The number of nitrogens with one attached hydrogen (secondary N) is 1. The molecule has 0 fully saturated rings. The molecule has 2 N–H and O–H groups in total. The largest absolute Gasteiger partial charge is 0.469 e. The number of carbonyl (C=O) groups is 1. The van der Waals surface area contributed by atoms with E-state index in [9.17, 15) is 9.90 Å². The van der Waals surface area contributed by atoms with Gasteiger partial charge >= 0.3 is 5.97 Å². The fourth-order valence-corrected chi connectivity index (χ4v) is 1.99. The minimum Gasteiger partial charge on any atom is -0.469 e. The Morgan fingerprint density at radius 2 is 2.50 bits per heavy atom. The first-order chi connectivity index (χ1) is 7.72. The Bertz CT molecular complexity index is 300. The van der Waals surface area contributed by atoms with Crippen molar-refractivity contribution < 1.29 is 14.6 Å². The molecular weight excluding hydrogens is 226 g/mol. The van der Waals surface area contributed by atoms with Crippen LogP contribution in [-0.2, 0) is 16.0 Å². The maximum atomic E-state index is 10.8. The van der Waals surface area contributed by atoms with Crippen molar-refractivity contribution in [2.24, 2.45) is 0 Å². The van der Waals surface area contributed by atoms with Crippen molar-refractivity contribution in [1.82, 2.24) is 5.32 Å². The number of thiophene rings is 1. The lowest BCUT2D eigenvalue weighted by molar-refractivity contribution is -0.142. The molecule has 0 radical (unpaired) electrons. The molecule has 16 heavy (non-hydrogen) atoms. The molecule has 0 aliphatic rings. The predicted octanol–water partition coefficient (Wildman–Crippen LogP) is 0.804. The molecule has 0 spiro atoms. The Labute approximate surface area is 99.2 Å². The molecule has 0 amide bonds. The molecule has 0 saturated carbocycles. The first kappa shape index (κ1) is 13.2. The molecule has 0 aliphatic heterocycles. The highest BCUT2D eigenvalue weighted by Crippen LogP contribution is 2.07. The number of methoxy groups -OCH3 is 1. The Balaban J connectivity index is 2.04. The number of aliphatic hydroxyl groups is 1. The summed E-state index contributed by atoms with van der Waals surface area (Å²) in [6, 6.07) is 4.10. The van der Waals surface area contributed by atoms with Gasteiger partial charge in [-0.15, -0.1) is 11.3 Å². The Morgan fingerprint density at radius 3 is 3.12 bits per heavy atom. The van der Waals surface area contributed by atoms with Gasteiger partial charge in [-0.2, -0.15) is 0 Å². The van der Waals surface area contributed by atoms with Crippen LogP contribution < -0.4 is 5.32 Å². The zero-order valence-electron chi connectivity index (χ0n) is 9.31. The zero-order chi connectivity index (χ0) is 11.8. The van der Waals surface area contributed by atoms with Crippen LogP contribution in [0.3, 0.4) is 0 Å². The molecule has 0 aliphatic carbocycles. The lowest BCUT2D eigenvalue weighted by Gasteiger charge is -2.09. The van der Waals surface area contributed by atoms with Crippen LogP contribution >= 0.6 is 11.3 Å². The lowest BCUT2D eigenvalue weighted by atomic mass is 10.2. The number of carbonyl (C=O) groups excluding carboxylic acids is 1. The number of esters is 1. The van der Waals surface area contributed by atoms with Crippen LogP contribution in [0, 0.1) is 0 Å². The summed E-state index contributed by atoms with van der Waals surface area (Å²) in [6.07, 6.45) is 0.321. The van der Waals surface area contributed by atoms with Gasteiger partial charge in [-0.1, -0.05) is 6.07 Å². The SMILES string of the molecule is COC(=O)CC(O)CNCCc1cccs1. The van der Waals surface area contributed by atoms with Crippen LogP contribution in [-0.4, -0.2) is 37.4 Å². The average molecular weight is 243 g/mol. The van der Waals surface area contributed by atoms with E-state index in [0.29, 0.717) is 6.54 Å². The van der Waals surface area contributed by atoms with Crippen LogP contribution in [0.25, 0.3) is 0 Å². The van der Waals surface area contributed by atoms with Gasteiger partial charge in [0.1, 0.15) is 0 Å². The maximum Gasteiger partial charge on any atom is 0.308 e. The molecule has 0 aromatic carbocycles. The van der Waals surface area contributed by atoms with E-state index in [1.165, 1.54) is 12.0 Å². The molecular formula is C11H17NO3S. The summed E-state index contributed by atoms with van der Waals surface area (Å²) in [7, 11) is 1.32. The topological polar surface area (TPSA) is 58.6 Å². The minimum absolute atomic E-state index is 0.0441. The second kappa shape index (κ2) is 7.38. The molecule has 1 aromatic rings. The summed E-state index contributed by atoms with van der Waals surface area (Å²) in [5.41, 5.74) is 0. The van der Waals surface area contributed by atoms with Crippen LogP contribution in [0.1, 0.15) is 11.3 Å². The molecule has 0 saturated heterocycles. The van der Waals surface area contributed by atoms with E-state index < -0.39 is 6.10 Å². The molecule has 5 heteroatoms. The quantitative estimate of drug-likeness (QED) is 0.549. The third-order valence-corrected chi connectivity index (χ3v) is 3.07. The van der Waals surface area contributed by atoms with Gasteiger partial charge in [0.15, 0.2) is 0 Å². The smallest absolute Gasteiger partial charge is 0.308 e. The molecule has 1 heterocycles. The number of hydrogen-bond acceptors (Lipinski definition) is 5. The Hall–Kier alpha value is -0.910. The van der Waals surface area contributed by atoms with Crippen molar-refractivity contribution >= 4 is 17.3 Å². The van der Waals surface area contributed by atoms with E-state index in [1.807, 2.05) is 11.4 Å². The Kier molecular flexibility index (Phi) is 6.07. The Morgan fingerprint density at radius 1 is 1.69 bits per heavy atom. The lowest BCUT2D eigenvalue weighted by Crippen LogP contribution is -2.30. The third-order valence-electron chi connectivity index (χ3n) is 2.14. The van der Waals surface area contributed by atoms with E-state index in [1.54, 1.807) is 11.3 Å². The number of ether oxygens (including phenoxy) is 1. The van der Waals surface area contributed by atoms with Gasteiger partial charge in [0.25, 0.3) is 0 Å². The average Bonchev–Trinajstić information content (AvgIpc) is 2.77. The molecule has 1 aromatic heterocycles. The highest BCUT2D eigenvalue weighted by Gasteiger charge is 2.09. The van der Waals surface area contributed by atoms with Gasteiger partial charge in [0.05, 0.1) is 19.6 Å². The van der Waals surface area contributed by atoms with Crippen LogP contribution in [0.2, 0.25) is 0 Å². The van der Waals surface area contributed by atoms with Gasteiger partial charge in [-0.3, -0.25) is 4.79 Å². The van der Waals surface area contributed by atoms with Crippen molar-refractivity contribution in [1.29, 1.82) is 0 Å². The summed E-state index contributed by atoms with van der Waals surface area (Å²) >= 11 is 1.72. The van der Waals surface area contributed by atoms with Crippen LogP contribution in [0.15, 0.2) is 17.5 Å². The zero-order valence-corrected chi connectivity index (χ0v) is 10.1. The molecule has 1 unspecified atom stereocenters. The van der Waals surface area contributed by atoms with Gasteiger partial charge < -0.3 is 15.2 Å². The van der Waals surface area contributed by atoms with Crippen LogP contribution in [0.5, 0.6) is 0 Å². The summed E-state index contributed by atoms with van der Waals surface area (Å²) in [6.45, 7) is 1.22. The minimum atomic E-state index is -0.671. The van der Waals surface area contributed by atoms with Gasteiger partial charge in [0, 0.05) is 18.0 Å². The first-order valence-electron chi connectivity index (χ1n) is 5.20. The van der Waals surface area contributed by atoms with Crippen molar-refractivity contribution in [3.63, 3.8) is 0 Å². The first-order valence-corrected chi connectivity index (χ1v) is 6.08. The van der Waals surface area contributed by atoms with Gasteiger partial charge in [0.2, 0.25) is 0 Å². The summed E-state index contributed by atoms with van der Waals surface area (Å²) < 4.78 is 4.46. The highest BCUT2D eigenvalue weighted by atomic mass is 32.1. The monoisotopic (exact) mass is 243 g/mol. The molecule has 90 valence electrons. The van der Waals surface area contributed by atoms with E-state index in [-0.39, 0.29) is 12.4 Å². The normalized spacial score (nSPS) is 12.4. The summed E-state index contributed by atoms with van der Waals surface area (Å²) in [4.78, 5) is 12.1. The predicted molar refractivity (Wildman–Crippen MR) is 63.5 cm³/mol. The number of rotatable bonds is 7. The highest BCUT2D eigenvalue weighted by molar-refractivity contribution is 7.09. The van der Waals surface area contributed by atoms with E-state index >= 15 is 0 Å². The molecule has 1 atom stereocenters. The molecule has 1 rings (SSSR count). The second-order valence-electron chi connectivity index (χ2n) is 3.47. The number of hydrogen-bond donors (Lipinski definition) is 2. The number of aliphatic hydroxyl groups excluding tert-OH is 1. The van der Waals surface area contributed by atoms with Crippen LogP contribution in [0.4, 0.5) is 0 Å². The second-order valence-corrected chi connectivity index (χ2v) is 4.50. The summed E-state index contributed by atoms with van der Waals surface area (Å²) in [5.74, 6) is -0.382. The maximum absolute atomic E-state index is 10.8. The van der Waals surface area contributed by atoms with Crippen molar-refractivity contribution in [2.75, 3.05) is 20.2 Å². The molecule has 0 bridgehead atoms. The van der Waals surface area contributed by atoms with Crippen molar-refractivity contribution in [3.05, 3.63) is 22.4 Å². The van der Waals surface area contributed by atoms with E-state index in [2.05, 4.69) is 16.1 Å². The van der Waals surface area contributed by atoms with E-state index in [0.717, 1.165) is 13.0 Å². The third kappa shape index (κ3) is 5.25. The van der Waals surface area contributed by atoms with Crippen molar-refractivity contribution in [2.45, 2.75) is 18.9 Å². The van der Waals surface area contributed by atoms with Gasteiger partial charge in [-0.25, -0.2) is 0 Å².